The van der Waals surface area contributed by atoms with Crippen LogP contribution in [-0.4, -0.2) is 33.0 Å². The van der Waals surface area contributed by atoms with E-state index in [4.69, 9.17) is 0 Å². The smallest absolute Gasteiger partial charge is 0.242 e. The number of carbonyl (C=O) groups excluding carboxylic acids is 1. The first-order chi connectivity index (χ1) is 10.0. The summed E-state index contributed by atoms with van der Waals surface area (Å²) in [5.74, 6) is -0.00716. The lowest BCUT2D eigenvalue weighted by atomic mass is 10.1. The summed E-state index contributed by atoms with van der Waals surface area (Å²) in [4.78, 5) is 11.9. The molecule has 0 radical (unpaired) electrons. The van der Waals surface area contributed by atoms with Crippen LogP contribution in [0.5, 0.6) is 0 Å². The van der Waals surface area contributed by atoms with E-state index in [0.717, 1.165) is 18.5 Å². The normalized spacial score (nSPS) is 12.6. The number of carbonyl (C=O) groups is 1. The Hall–Kier alpha value is -1.43. The van der Waals surface area contributed by atoms with E-state index in [1.807, 2.05) is 13.1 Å². The van der Waals surface area contributed by atoms with Crippen LogP contribution in [0, 0.1) is 0 Å². The lowest BCUT2D eigenvalue weighted by Crippen LogP contribution is -2.35. The molecule has 0 bridgehead atoms. The summed E-state index contributed by atoms with van der Waals surface area (Å²) in [6, 6.07) is 0.622. The van der Waals surface area contributed by atoms with Crippen LogP contribution in [0.1, 0.15) is 59.1 Å². The van der Waals surface area contributed by atoms with Gasteiger partial charge in [0.25, 0.3) is 0 Å². The highest BCUT2D eigenvalue weighted by Gasteiger charge is 2.09. The second-order valence-electron chi connectivity index (χ2n) is 5.91. The Morgan fingerprint density at radius 1 is 1.33 bits per heavy atom. The number of nitrogens with one attached hydrogen (secondary N) is 2. The second-order valence-corrected chi connectivity index (χ2v) is 5.91. The first-order valence-electron chi connectivity index (χ1n) is 7.93. The van der Waals surface area contributed by atoms with Gasteiger partial charge < -0.3 is 10.6 Å². The molecule has 0 aliphatic heterocycles. The fraction of sp³-hybridized carbons (Fsp3) is 0.800. The summed E-state index contributed by atoms with van der Waals surface area (Å²) >= 11 is 0. The quantitative estimate of drug-likeness (QED) is 0.646. The van der Waals surface area contributed by atoms with Gasteiger partial charge in [-0.15, -0.1) is 5.10 Å². The Morgan fingerprint density at radius 3 is 2.76 bits per heavy atom. The highest BCUT2D eigenvalue weighted by Crippen LogP contribution is 2.03. The molecule has 0 fully saturated rings. The zero-order valence-electron chi connectivity index (χ0n) is 13.7. The monoisotopic (exact) mass is 295 g/mol. The van der Waals surface area contributed by atoms with Gasteiger partial charge in [0.15, 0.2) is 0 Å². The highest BCUT2D eigenvalue weighted by molar-refractivity contribution is 5.75. The Kier molecular flexibility index (Phi) is 7.97. The van der Waals surface area contributed by atoms with E-state index in [1.54, 1.807) is 4.68 Å². The highest BCUT2D eigenvalue weighted by atomic mass is 16.2. The van der Waals surface area contributed by atoms with Crippen molar-refractivity contribution < 1.29 is 4.79 Å². The predicted molar refractivity (Wildman–Crippen MR) is 83.7 cm³/mol. The number of amides is 1. The number of unbranched alkanes of at least 4 members (excludes halogenated alkanes) is 2. The van der Waals surface area contributed by atoms with Gasteiger partial charge in [-0.05, 0) is 13.3 Å². The van der Waals surface area contributed by atoms with E-state index in [2.05, 4.69) is 41.7 Å². The number of nitrogens with zero attached hydrogens (tertiary/aromatic N) is 3. The number of hydrogen-bond donors (Lipinski definition) is 2. The van der Waals surface area contributed by atoms with Crippen LogP contribution in [0.4, 0.5) is 0 Å². The van der Waals surface area contributed by atoms with E-state index in [-0.39, 0.29) is 18.5 Å². The maximum atomic E-state index is 11.9. The summed E-state index contributed by atoms with van der Waals surface area (Å²) < 4.78 is 1.59. The van der Waals surface area contributed by atoms with Gasteiger partial charge in [0.1, 0.15) is 6.54 Å². The van der Waals surface area contributed by atoms with Gasteiger partial charge in [-0.3, -0.25) is 4.79 Å². The number of hydrogen-bond acceptors (Lipinski definition) is 4. The molecule has 1 heterocycles. The molecule has 0 spiro atoms. The van der Waals surface area contributed by atoms with Crippen molar-refractivity contribution in [2.24, 2.45) is 0 Å². The summed E-state index contributed by atoms with van der Waals surface area (Å²) in [6.07, 6.45) is 6.42. The fourth-order valence-corrected chi connectivity index (χ4v) is 2.05. The van der Waals surface area contributed by atoms with Crippen molar-refractivity contribution in [3.8, 4) is 0 Å². The summed E-state index contributed by atoms with van der Waals surface area (Å²) in [5.41, 5.74) is 0.854. The van der Waals surface area contributed by atoms with Crippen molar-refractivity contribution in [2.75, 3.05) is 0 Å². The second kappa shape index (κ2) is 9.50. The zero-order chi connectivity index (χ0) is 15.7. The number of rotatable bonds is 10. The molecule has 0 aliphatic rings. The molecule has 1 aromatic rings. The van der Waals surface area contributed by atoms with Crippen molar-refractivity contribution in [3.05, 3.63) is 11.9 Å². The van der Waals surface area contributed by atoms with Crippen LogP contribution in [0.3, 0.4) is 0 Å². The maximum absolute atomic E-state index is 11.9. The van der Waals surface area contributed by atoms with Crippen LogP contribution in [-0.2, 0) is 17.9 Å². The molecule has 0 saturated carbocycles. The van der Waals surface area contributed by atoms with Crippen LogP contribution < -0.4 is 10.6 Å². The van der Waals surface area contributed by atoms with Gasteiger partial charge in [0, 0.05) is 18.6 Å². The molecule has 6 heteroatoms. The molecule has 0 aliphatic carbocycles. The molecule has 1 amide bonds. The molecule has 0 saturated heterocycles. The fourth-order valence-electron chi connectivity index (χ4n) is 2.05. The first-order valence-corrected chi connectivity index (χ1v) is 7.93. The lowest BCUT2D eigenvalue weighted by molar-refractivity contribution is -0.122. The third-order valence-electron chi connectivity index (χ3n) is 3.23. The molecule has 1 unspecified atom stereocenters. The van der Waals surface area contributed by atoms with E-state index in [1.165, 1.54) is 12.8 Å². The molecule has 21 heavy (non-hydrogen) atoms. The topological polar surface area (TPSA) is 71.8 Å². The van der Waals surface area contributed by atoms with E-state index < -0.39 is 0 Å². The van der Waals surface area contributed by atoms with Crippen LogP contribution in [0.25, 0.3) is 0 Å². The molecule has 1 aromatic heterocycles. The Balaban J connectivity index is 2.30. The van der Waals surface area contributed by atoms with E-state index in [0.29, 0.717) is 12.6 Å². The minimum absolute atomic E-state index is 0.00716. The van der Waals surface area contributed by atoms with E-state index >= 15 is 0 Å². The third kappa shape index (κ3) is 7.80. The molecular weight excluding hydrogens is 266 g/mol. The van der Waals surface area contributed by atoms with Gasteiger partial charge in [-0.1, -0.05) is 45.2 Å². The SMILES string of the molecule is CCCCCC(C)NC(=O)Cn1cc(CNC(C)C)nn1. The minimum Gasteiger partial charge on any atom is -0.352 e. The van der Waals surface area contributed by atoms with Crippen molar-refractivity contribution in [2.45, 2.75) is 78.6 Å². The average Bonchev–Trinajstić information content (AvgIpc) is 2.84. The van der Waals surface area contributed by atoms with Gasteiger partial charge in [-0.25, -0.2) is 4.68 Å². The van der Waals surface area contributed by atoms with Crippen molar-refractivity contribution in [3.63, 3.8) is 0 Å². The third-order valence-corrected chi connectivity index (χ3v) is 3.23. The molecular formula is C15H29N5O. The van der Waals surface area contributed by atoms with Gasteiger partial charge >= 0.3 is 0 Å². The van der Waals surface area contributed by atoms with Gasteiger partial charge in [0.05, 0.1) is 11.9 Å². The van der Waals surface area contributed by atoms with Crippen molar-refractivity contribution in [1.29, 1.82) is 0 Å². The molecule has 1 rings (SSSR count). The minimum atomic E-state index is -0.00716. The predicted octanol–water partition coefficient (Wildman–Crippen LogP) is 1.86. The summed E-state index contributed by atoms with van der Waals surface area (Å²) in [5, 5.41) is 14.3. The number of aromatic nitrogens is 3. The lowest BCUT2D eigenvalue weighted by Gasteiger charge is -2.13. The molecule has 0 aromatic carbocycles. The standard InChI is InChI=1S/C15H29N5O/c1-5-6-7-8-13(4)17-15(21)11-20-10-14(18-19-20)9-16-12(2)3/h10,12-13,16H,5-9,11H2,1-4H3,(H,17,21). The molecule has 6 nitrogen and oxygen atoms in total. The molecule has 2 N–H and O–H groups in total. The van der Waals surface area contributed by atoms with Gasteiger partial charge in [-0.2, -0.15) is 0 Å². The van der Waals surface area contributed by atoms with Crippen molar-refractivity contribution in [1.82, 2.24) is 25.6 Å². The Bertz CT molecular complexity index is 416. The Labute approximate surface area is 127 Å². The van der Waals surface area contributed by atoms with Crippen LogP contribution in [0.2, 0.25) is 0 Å². The van der Waals surface area contributed by atoms with Crippen LogP contribution >= 0.6 is 0 Å². The maximum Gasteiger partial charge on any atom is 0.242 e. The van der Waals surface area contributed by atoms with Crippen LogP contribution in [0.15, 0.2) is 6.20 Å². The Morgan fingerprint density at radius 2 is 2.10 bits per heavy atom. The summed E-state index contributed by atoms with van der Waals surface area (Å²) in [6.45, 7) is 9.29. The van der Waals surface area contributed by atoms with Crippen molar-refractivity contribution >= 4 is 5.91 Å². The molecule has 120 valence electrons. The zero-order valence-corrected chi connectivity index (χ0v) is 13.7. The van der Waals surface area contributed by atoms with E-state index in [9.17, 15) is 4.79 Å². The first kappa shape index (κ1) is 17.6. The molecule has 1 atom stereocenters. The summed E-state index contributed by atoms with van der Waals surface area (Å²) in [7, 11) is 0. The largest absolute Gasteiger partial charge is 0.352 e. The van der Waals surface area contributed by atoms with Gasteiger partial charge in [0.2, 0.25) is 5.91 Å². The average molecular weight is 295 g/mol.